The fourth-order valence-corrected chi connectivity index (χ4v) is 1.92. The molecule has 0 radical (unpaired) electrons. The summed E-state index contributed by atoms with van der Waals surface area (Å²) >= 11 is 1.39. The fourth-order valence-electron chi connectivity index (χ4n) is 1.19. The summed E-state index contributed by atoms with van der Waals surface area (Å²) in [6.07, 6.45) is 3.30. The van der Waals surface area contributed by atoms with E-state index in [1.165, 1.54) is 11.3 Å². The molecule has 3 nitrogen and oxygen atoms in total. The molecule has 76 valence electrons. The maximum Gasteiger partial charge on any atom is 0.222 e. The van der Waals surface area contributed by atoms with Crippen LogP contribution in [0.1, 0.15) is 25.9 Å². The molecule has 0 aliphatic carbocycles. The van der Waals surface area contributed by atoms with Gasteiger partial charge in [0, 0.05) is 12.4 Å². The van der Waals surface area contributed by atoms with Crippen molar-refractivity contribution in [2.75, 3.05) is 0 Å². The molecule has 2 aromatic heterocycles. The van der Waals surface area contributed by atoms with Crippen molar-refractivity contribution in [2.24, 2.45) is 0 Å². The van der Waals surface area contributed by atoms with E-state index in [1.807, 2.05) is 19.9 Å². The number of carbonyl (C=O) groups excluding carboxylic acids is 1. The summed E-state index contributed by atoms with van der Waals surface area (Å²) in [6, 6.07) is 3.63. The second-order valence-corrected chi connectivity index (χ2v) is 4.53. The van der Waals surface area contributed by atoms with Crippen LogP contribution in [0.15, 0.2) is 24.5 Å². The number of thiazole rings is 1. The third-order valence-corrected chi connectivity index (χ3v) is 2.90. The largest absolute Gasteiger partial charge is 0.286 e. The SMILES string of the molecule is Cc1ccc(C(=O)c2cnc(C)s2)nc1. The first kappa shape index (κ1) is 9.98. The van der Waals surface area contributed by atoms with Crippen molar-refractivity contribution in [1.82, 2.24) is 9.97 Å². The van der Waals surface area contributed by atoms with E-state index in [-0.39, 0.29) is 5.78 Å². The molecule has 0 amide bonds. The highest BCUT2D eigenvalue weighted by molar-refractivity contribution is 7.13. The van der Waals surface area contributed by atoms with Gasteiger partial charge in [0.25, 0.3) is 0 Å². The van der Waals surface area contributed by atoms with Gasteiger partial charge in [-0.1, -0.05) is 6.07 Å². The lowest BCUT2D eigenvalue weighted by molar-refractivity contribution is 0.103. The lowest BCUT2D eigenvalue weighted by Crippen LogP contribution is -2.01. The van der Waals surface area contributed by atoms with Crippen LogP contribution in [0.2, 0.25) is 0 Å². The number of aromatic nitrogens is 2. The Kier molecular flexibility index (Phi) is 2.60. The van der Waals surface area contributed by atoms with Gasteiger partial charge in [0.05, 0.1) is 9.88 Å². The number of aryl methyl sites for hydroxylation is 2. The lowest BCUT2D eigenvalue weighted by atomic mass is 10.2. The van der Waals surface area contributed by atoms with Crippen molar-refractivity contribution in [3.8, 4) is 0 Å². The Bertz CT molecular complexity index is 488. The second kappa shape index (κ2) is 3.90. The maximum absolute atomic E-state index is 11.9. The standard InChI is InChI=1S/C11H10N2OS/c1-7-3-4-9(13-5-7)11(14)10-6-12-8(2)15-10/h3-6H,1-2H3. The number of carbonyl (C=O) groups is 1. The molecule has 4 heteroatoms. The summed E-state index contributed by atoms with van der Waals surface area (Å²) in [5.74, 6) is -0.0550. The molecule has 0 unspecified atom stereocenters. The van der Waals surface area contributed by atoms with Crippen LogP contribution in [0, 0.1) is 13.8 Å². The molecule has 15 heavy (non-hydrogen) atoms. The second-order valence-electron chi connectivity index (χ2n) is 3.29. The van der Waals surface area contributed by atoms with Crippen LogP contribution in [0.25, 0.3) is 0 Å². The molecule has 2 heterocycles. The predicted octanol–water partition coefficient (Wildman–Crippen LogP) is 2.39. The number of rotatable bonds is 2. The van der Waals surface area contributed by atoms with Crippen molar-refractivity contribution in [3.63, 3.8) is 0 Å². The lowest BCUT2D eigenvalue weighted by Gasteiger charge is -1.96. The smallest absolute Gasteiger partial charge is 0.222 e. The van der Waals surface area contributed by atoms with Crippen LogP contribution < -0.4 is 0 Å². The van der Waals surface area contributed by atoms with Gasteiger partial charge >= 0.3 is 0 Å². The summed E-state index contributed by atoms with van der Waals surface area (Å²) < 4.78 is 0. The Hall–Kier alpha value is -1.55. The minimum absolute atomic E-state index is 0.0550. The zero-order valence-corrected chi connectivity index (χ0v) is 9.34. The van der Waals surface area contributed by atoms with Crippen LogP contribution in [-0.2, 0) is 0 Å². The van der Waals surface area contributed by atoms with E-state index in [4.69, 9.17) is 0 Å². The van der Waals surface area contributed by atoms with E-state index < -0.39 is 0 Å². The Morgan fingerprint density at radius 2 is 2.00 bits per heavy atom. The molecule has 0 aromatic carbocycles. The van der Waals surface area contributed by atoms with Crippen LogP contribution in [0.4, 0.5) is 0 Å². The number of pyridine rings is 1. The molecular weight excluding hydrogens is 208 g/mol. The van der Waals surface area contributed by atoms with Crippen molar-refractivity contribution >= 4 is 17.1 Å². The van der Waals surface area contributed by atoms with Gasteiger partial charge < -0.3 is 0 Å². The van der Waals surface area contributed by atoms with Crippen LogP contribution in [-0.4, -0.2) is 15.8 Å². The normalized spacial score (nSPS) is 10.3. The minimum atomic E-state index is -0.0550. The zero-order valence-electron chi connectivity index (χ0n) is 8.52. The third-order valence-electron chi connectivity index (χ3n) is 1.99. The Balaban J connectivity index is 2.32. The fraction of sp³-hybridized carbons (Fsp3) is 0.182. The van der Waals surface area contributed by atoms with Crippen LogP contribution in [0.3, 0.4) is 0 Å². The Labute approximate surface area is 91.8 Å². The van der Waals surface area contributed by atoms with Crippen LogP contribution in [0.5, 0.6) is 0 Å². The molecule has 0 N–H and O–H groups in total. The van der Waals surface area contributed by atoms with E-state index in [2.05, 4.69) is 9.97 Å². The van der Waals surface area contributed by atoms with Gasteiger partial charge in [0.15, 0.2) is 0 Å². The molecular formula is C11H10N2OS. The van der Waals surface area contributed by atoms with Gasteiger partial charge in [-0.3, -0.25) is 9.78 Å². The molecule has 2 rings (SSSR count). The minimum Gasteiger partial charge on any atom is -0.286 e. The molecule has 0 saturated heterocycles. The van der Waals surface area contributed by atoms with Gasteiger partial charge in [-0.2, -0.15) is 0 Å². The van der Waals surface area contributed by atoms with E-state index in [1.54, 1.807) is 18.5 Å². The summed E-state index contributed by atoms with van der Waals surface area (Å²) in [7, 11) is 0. The molecule has 2 aromatic rings. The Morgan fingerprint density at radius 1 is 1.20 bits per heavy atom. The molecule has 0 bridgehead atoms. The topological polar surface area (TPSA) is 42.9 Å². The van der Waals surface area contributed by atoms with E-state index >= 15 is 0 Å². The molecule has 0 aliphatic heterocycles. The first-order chi connectivity index (χ1) is 7.16. The number of ketones is 1. The molecule has 0 aliphatic rings. The summed E-state index contributed by atoms with van der Waals surface area (Å²) in [5, 5.41) is 0.894. The summed E-state index contributed by atoms with van der Waals surface area (Å²) in [4.78, 5) is 20.7. The van der Waals surface area contributed by atoms with Gasteiger partial charge in [-0.05, 0) is 25.5 Å². The predicted molar refractivity (Wildman–Crippen MR) is 59.3 cm³/mol. The zero-order chi connectivity index (χ0) is 10.8. The highest BCUT2D eigenvalue weighted by Gasteiger charge is 2.12. The van der Waals surface area contributed by atoms with Crippen molar-refractivity contribution in [1.29, 1.82) is 0 Å². The number of nitrogens with zero attached hydrogens (tertiary/aromatic N) is 2. The average molecular weight is 218 g/mol. The maximum atomic E-state index is 11.9. The third kappa shape index (κ3) is 2.10. The van der Waals surface area contributed by atoms with Gasteiger partial charge in [-0.25, -0.2) is 4.98 Å². The Morgan fingerprint density at radius 3 is 2.53 bits per heavy atom. The highest BCUT2D eigenvalue weighted by Crippen LogP contribution is 2.15. The van der Waals surface area contributed by atoms with E-state index in [0.717, 1.165) is 10.6 Å². The first-order valence-corrected chi connectivity index (χ1v) is 5.38. The average Bonchev–Trinajstić information content (AvgIpc) is 2.65. The number of hydrogen-bond acceptors (Lipinski definition) is 4. The molecule has 0 atom stereocenters. The molecule has 0 fully saturated rings. The highest BCUT2D eigenvalue weighted by atomic mass is 32.1. The van der Waals surface area contributed by atoms with E-state index in [9.17, 15) is 4.79 Å². The molecule has 0 spiro atoms. The van der Waals surface area contributed by atoms with Gasteiger partial charge in [-0.15, -0.1) is 11.3 Å². The molecule has 0 saturated carbocycles. The van der Waals surface area contributed by atoms with Crippen LogP contribution >= 0.6 is 11.3 Å². The summed E-state index contributed by atoms with van der Waals surface area (Å²) in [5.41, 5.74) is 1.52. The number of hydrogen-bond donors (Lipinski definition) is 0. The van der Waals surface area contributed by atoms with Gasteiger partial charge in [0.2, 0.25) is 5.78 Å². The van der Waals surface area contributed by atoms with Gasteiger partial charge in [0.1, 0.15) is 5.69 Å². The quantitative estimate of drug-likeness (QED) is 0.727. The monoisotopic (exact) mass is 218 g/mol. The van der Waals surface area contributed by atoms with Crippen molar-refractivity contribution in [2.45, 2.75) is 13.8 Å². The first-order valence-electron chi connectivity index (χ1n) is 4.56. The van der Waals surface area contributed by atoms with E-state index in [0.29, 0.717) is 10.6 Å². The summed E-state index contributed by atoms with van der Waals surface area (Å²) in [6.45, 7) is 3.82. The van der Waals surface area contributed by atoms with Crippen molar-refractivity contribution in [3.05, 3.63) is 45.7 Å². The van der Waals surface area contributed by atoms with Crippen molar-refractivity contribution < 1.29 is 4.79 Å².